The lowest BCUT2D eigenvalue weighted by Gasteiger charge is -2.13. The number of rotatable bonds is 10. The monoisotopic (exact) mass is 1040 g/mol. The van der Waals surface area contributed by atoms with Crippen LogP contribution in [0, 0.1) is 0 Å². The van der Waals surface area contributed by atoms with Crippen LogP contribution >= 0.6 is 0 Å². The van der Waals surface area contributed by atoms with Crippen molar-refractivity contribution in [2.24, 2.45) is 0 Å². The largest absolute Gasteiger partial charge is 0.310 e. The summed E-state index contributed by atoms with van der Waals surface area (Å²) < 4.78 is 9.46. The van der Waals surface area contributed by atoms with Gasteiger partial charge in [0.2, 0.25) is 0 Å². The van der Waals surface area contributed by atoms with E-state index in [0.29, 0.717) is 0 Å². The van der Waals surface area contributed by atoms with Gasteiger partial charge in [-0.2, -0.15) is 0 Å². The molecule has 82 heavy (non-hydrogen) atoms. The normalized spacial score (nSPS) is 12.1. The lowest BCUT2D eigenvalue weighted by Crippen LogP contribution is -1.98. The molecule has 4 heterocycles. The van der Waals surface area contributed by atoms with Gasteiger partial charge in [-0.1, -0.05) is 213 Å². The smallest absolute Gasteiger partial charge is 0.0547 e. The Morgan fingerprint density at radius 3 is 1.26 bits per heavy atom. The van der Waals surface area contributed by atoms with Gasteiger partial charge in [0, 0.05) is 65.9 Å². The highest BCUT2D eigenvalue weighted by atomic mass is 15.0. The van der Waals surface area contributed by atoms with Crippen molar-refractivity contribution in [2.45, 2.75) is 0 Å². The third-order valence-electron chi connectivity index (χ3n) is 16.9. The summed E-state index contributed by atoms with van der Waals surface area (Å²) in [5.74, 6) is 0. The van der Waals surface area contributed by atoms with Crippen LogP contribution in [0.3, 0.4) is 0 Å². The lowest BCUT2D eigenvalue weighted by molar-refractivity contribution is 1.18. The fraction of sp³-hybridized carbons (Fsp3) is 0. The average molecular weight is 1050 g/mol. The molecule has 0 radical (unpaired) electrons. The minimum absolute atomic E-state index is 0.867. The second-order valence-corrected chi connectivity index (χ2v) is 21.4. The zero-order chi connectivity index (χ0) is 54.4. The van der Waals surface area contributed by atoms with Crippen LogP contribution in [0.2, 0.25) is 0 Å². The van der Waals surface area contributed by atoms with Crippen LogP contribution < -0.4 is 0 Å². The maximum Gasteiger partial charge on any atom is 0.0547 e. The van der Waals surface area contributed by atoms with Gasteiger partial charge in [-0.3, -0.25) is 0 Å². The van der Waals surface area contributed by atoms with Crippen molar-refractivity contribution in [1.82, 2.24) is 18.3 Å². The molecule has 0 fully saturated rings. The highest BCUT2D eigenvalue weighted by molar-refractivity contribution is 6.19. The Morgan fingerprint density at radius 2 is 0.683 bits per heavy atom. The van der Waals surface area contributed by atoms with E-state index < -0.39 is 0 Å². The Kier molecular flexibility index (Phi) is 10.8. The minimum Gasteiger partial charge on any atom is -0.310 e. The fourth-order valence-electron chi connectivity index (χ4n) is 13.2. The van der Waals surface area contributed by atoms with E-state index in [2.05, 4.69) is 317 Å². The lowest BCUT2D eigenvalue weighted by atomic mass is 9.97. The summed E-state index contributed by atoms with van der Waals surface area (Å²) in [6.07, 6.45) is 4.12. The molecule has 0 bridgehead atoms. The molecule has 0 atom stereocenters. The van der Waals surface area contributed by atoms with Crippen LogP contribution in [0.15, 0.2) is 304 Å². The minimum atomic E-state index is 0.867. The Labute approximate surface area is 474 Å². The van der Waals surface area contributed by atoms with E-state index in [1.165, 1.54) is 81.9 Å². The van der Waals surface area contributed by atoms with E-state index in [1.54, 1.807) is 0 Å². The first-order chi connectivity index (χ1) is 40.6. The molecule has 384 valence electrons. The Hall–Kier alpha value is -10.9. The standard InChI is InChI=1S/C78H52N4/c1-3-59(47-51(2)79-70-28-14-10-23-63(70)64-24-11-15-29-71(64)79)80-73-31-17-13-26-66(73)69-48-58(39-46-74(69)80)62-27-18-32-75-78(62)68-45-38-57(53-21-8-5-9-22-53)50-77(68)82(75)61-42-35-55(36-43-61)54-33-40-60(41-34-54)81-72-30-16-12-25-65(72)67-44-37-56(49-76(67)81)52-19-6-4-7-20-52/h3-50H,1-2H2/b59-47+. The summed E-state index contributed by atoms with van der Waals surface area (Å²) in [6, 6.07) is 102. The summed E-state index contributed by atoms with van der Waals surface area (Å²) >= 11 is 0. The maximum absolute atomic E-state index is 4.69. The number of fused-ring (bicyclic) bond motifs is 12. The summed E-state index contributed by atoms with van der Waals surface area (Å²) in [7, 11) is 0. The van der Waals surface area contributed by atoms with Crippen molar-refractivity contribution < 1.29 is 0 Å². The van der Waals surface area contributed by atoms with E-state index in [9.17, 15) is 0 Å². The van der Waals surface area contributed by atoms with Crippen LogP contribution in [0.1, 0.15) is 0 Å². The van der Waals surface area contributed by atoms with E-state index in [-0.39, 0.29) is 0 Å². The van der Waals surface area contributed by atoms with Gasteiger partial charge in [-0.05, 0) is 136 Å². The van der Waals surface area contributed by atoms with Crippen LogP contribution in [-0.2, 0) is 0 Å². The number of hydrogen-bond donors (Lipinski definition) is 0. The maximum atomic E-state index is 4.69. The van der Waals surface area contributed by atoms with E-state index in [0.717, 1.165) is 72.6 Å². The molecule has 16 aromatic rings. The van der Waals surface area contributed by atoms with E-state index >= 15 is 0 Å². The molecule has 16 rings (SSSR count). The number of nitrogens with zero attached hydrogens (tertiary/aromatic N) is 4. The number of para-hydroxylation sites is 4. The molecule has 0 aliphatic heterocycles. The molecule has 0 saturated carbocycles. The first-order valence-electron chi connectivity index (χ1n) is 28.0. The second-order valence-electron chi connectivity index (χ2n) is 21.4. The highest BCUT2D eigenvalue weighted by Gasteiger charge is 2.21. The van der Waals surface area contributed by atoms with Gasteiger partial charge >= 0.3 is 0 Å². The van der Waals surface area contributed by atoms with E-state index in [4.69, 9.17) is 0 Å². The Morgan fingerprint density at radius 1 is 0.280 bits per heavy atom. The van der Waals surface area contributed by atoms with E-state index in [1.807, 2.05) is 6.08 Å². The molecule has 0 aliphatic rings. The number of aromatic nitrogens is 4. The molecule has 0 N–H and O–H groups in total. The van der Waals surface area contributed by atoms with Gasteiger partial charge in [0.25, 0.3) is 0 Å². The molecule has 12 aromatic carbocycles. The quantitative estimate of drug-likeness (QED) is 0.122. The first kappa shape index (κ1) is 47.1. The van der Waals surface area contributed by atoms with Crippen LogP contribution in [0.25, 0.3) is 154 Å². The number of allylic oxidation sites excluding steroid dienone is 4. The summed E-state index contributed by atoms with van der Waals surface area (Å²) in [4.78, 5) is 0. The molecular weight excluding hydrogens is 993 g/mol. The molecule has 4 aromatic heterocycles. The van der Waals surface area contributed by atoms with Crippen molar-refractivity contribution in [3.8, 4) is 55.9 Å². The topological polar surface area (TPSA) is 19.7 Å². The van der Waals surface area contributed by atoms with Crippen LogP contribution in [-0.4, -0.2) is 18.3 Å². The summed E-state index contributed by atoms with van der Waals surface area (Å²) in [5.41, 5.74) is 22.7. The summed E-state index contributed by atoms with van der Waals surface area (Å²) in [5, 5.41) is 9.68. The molecule has 0 amide bonds. The summed E-state index contributed by atoms with van der Waals surface area (Å²) in [6.45, 7) is 9.07. The van der Waals surface area contributed by atoms with Crippen molar-refractivity contribution in [2.75, 3.05) is 0 Å². The molecular formula is C78H52N4. The predicted molar refractivity (Wildman–Crippen MR) is 349 cm³/mol. The first-order valence-corrected chi connectivity index (χ1v) is 28.0. The average Bonchev–Trinajstić information content (AvgIpc) is 4.29. The zero-order valence-electron chi connectivity index (χ0n) is 44.9. The van der Waals surface area contributed by atoms with Crippen molar-refractivity contribution in [3.63, 3.8) is 0 Å². The number of benzene rings is 12. The second kappa shape index (κ2) is 18.9. The van der Waals surface area contributed by atoms with Crippen LogP contribution in [0.4, 0.5) is 0 Å². The Balaban J connectivity index is 0.798. The van der Waals surface area contributed by atoms with Crippen molar-refractivity contribution >= 4 is 98.6 Å². The molecule has 0 unspecified atom stereocenters. The molecule has 0 spiro atoms. The fourth-order valence-corrected chi connectivity index (χ4v) is 13.2. The molecule has 4 heteroatoms. The van der Waals surface area contributed by atoms with Crippen molar-refractivity contribution in [3.05, 3.63) is 304 Å². The molecule has 0 aliphatic carbocycles. The van der Waals surface area contributed by atoms with Gasteiger partial charge in [0.15, 0.2) is 0 Å². The van der Waals surface area contributed by atoms with Gasteiger partial charge in [-0.25, -0.2) is 0 Å². The van der Waals surface area contributed by atoms with Crippen molar-refractivity contribution in [1.29, 1.82) is 0 Å². The highest BCUT2D eigenvalue weighted by Crippen LogP contribution is 2.44. The Bertz CT molecular complexity index is 5220. The number of hydrogen-bond acceptors (Lipinski definition) is 0. The van der Waals surface area contributed by atoms with Gasteiger partial charge in [0.1, 0.15) is 0 Å². The van der Waals surface area contributed by atoms with Gasteiger partial charge in [-0.15, -0.1) is 0 Å². The molecule has 0 saturated heterocycles. The van der Waals surface area contributed by atoms with Gasteiger partial charge in [0.05, 0.1) is 44.1 Å². The SMILES string of the molecule is C=C/C(=C\C(=C)n1c2ccccc2c2ccccc21)n1c2ccccc2c2cc(-c3cccc4c3c3ccc(-c5ccccc5)cc3n4-c3ccc(-c4ccc(-n5c6ccccc6c6ccc(-c7ccccc7)cc65)cc4)cc3)ccc21. The third kappa shape index (κ3) is 7.39. The zero-order valence-corrected chi connectivity index (χ0v) is 44.9. The predicted octanol–water partition coefficient (Wildman–Crippen LogP) is 21.0. The molecule has 4 nitrogen and oxygen atoms in total. The third-order valence-corrected chi connectivity index (χ3v) is 16.9. The van der Waals surface area contributed by atoms with Crippen LogP contribution in [0.5, 0.6) is 0 Å². The van der Waals surface area contributed by atoms with Gasteiger partial charge < -0.3 is 18.3 Å².